The molecule has 34 heavy (non-hydrogen) atoms. The van der Waals surface area contributed by atoms with Gasteiger partial charge in [-0.15, -0.1) is 0 Å². The largest absolute Gasteiger partial charge is 0.485 e. The van der Waals surface area contributed by atoms with Crippen molar-refractivity contribution in [3.05, 3.63) is 113 Å². The Hall–Kier alpha value is -3.64. The number of aromatic nitrogens is 2. The number of carbonyl (C=O) groups excluding carboxylic acids is 1. The number of piperidine rings is 1. The number of ether oxygens (including phenoxy) is 1. The van der Waals surface area contributed by atoms with Crippen LogP contribution in [0.1, 0.15) is 35.7 Å². The van der Waals surface area contributed by atoms with Gasteiger partial charge >= 0.3 is 0 Å². The van der Waals surface area contributed by atoms with Gasteiger partial charge in [0.1, 0.15) is 12.3 Å². The molecule has 172 valence electrons. The molecule has 1 aromatic heterocycles. The van der Waals surface area contributed by atoms with Crippen LogP contribution in [0.4, 0.5) is 0 Å². The summed E-state index contributed by atoms with van der Waals surface area (Å²) in [6.45, 7) is 1.06. The lowest BCUT2D eigenvalue weighted by molar-refractivity contribution is -0.140. The van der Waals surface area contributed by atoms with E-state index in [0.717, 1.165) is 24.0 Å². The number of amides is 1. The molecule has 1 aliphatic heterocycles. The second kappa shape index (κ2) is 9.69. The molecule has 2 heterocycles. The van der Waals surface area contributed by atoms with E-state index in [1.54, 1.807) is 24.3 Å². The third kappa shape index (κ3) is 4.41. The van der Waals surface area contributed by atoms with Crippen LogP contribution in [-0.2, 0) is 23.4 Å². The molecule has 0 bridgehead atoms. The van der Waals surface area contributed by atoms with Crippen molar-refractivity contribution in [2.75, 3.05) is 6.54 Å². The van der Waals surface area contributed by atoms with E-state index >= 15 is 0 Å². The zero-order chi connectivity index (χ0) is 23.4. The van der Waals surface area contributed by atoms with Crippen LogP contribution in [0.25, 0.3) is 0 Å². The molecule has 1 amide bonds. The van der Waals surface area contributed by atoms with Crippen molar-refractivity contribution in [3.8, 4) is 5.75 Å². The van der Waals surface area contributed by atoms with Crippen LogP contribution in [0.2, 0.25) is 5.02 Å². The number of hydrogen-bond acceptors (Lipinski definition) is 5. The van der Waals surface area contributed by atoms with Crippen LogP contribution in [0, 0.1) is 0 Å². The summed E-state index contributed by atoms with van der Waals surface area (Å²) in [6, 6.07) is 27.1. The molecule has 0 spiro atoms. The lowest BCUT2D eigenvalue weighted by Crippen LogP contribution is -2.51. The van der Waals surface area contributed by atoms with Gasteiger partial charge in [-0.25, -0.2) is 0 Å². The van der Waals surface area contributed by atoms with E-state index in [4.69, 9.17) is 20.9 Å². The first-order chi connectivity index (χ1) is 16.6. The average Bonchev–Trinajstić information content (AvgIpc) is 3.33. The summed E-state index contributed by atoms with van der Waals surface area (Å²) < 4.78 is 11.1. The van der Waals surface area contributed by atoms with E-state index in [9.17, 15) is 4.79 Å². The van der Waals surface area contributed by atoms with E-state index in [-0.39, 0.29) is 19.1 Å². The number of hydrogen-bond donors (Lipinski definition) is 0. The normalized spacial score (nSPS) is 15.3. The van der Waals surface area contributed by atoms with Gasteiger partial charge in [0.05, 0.1) is 5.41 Å². The van der Waals surface area contributed by atoms with Gasteiger partial charge in [-0.1, -0.05) is 77.4 Å². The molecule has 0 N–H and O–H groups in total. The molecular weight excluding hydrogens is 450 g/mol. The average molecular weight is 474 g/mol. The summed E-state index contributed by atoms with van der Waals surface area (Å²) in [5, 5.41) is 4.66. The predicted octanol–water partition coefficient (Wildman–Crippen LogP) is 5.41. The maximum absolute atomic E-state index is 14.0. The lowest BCUT2D eigenvalue weighted by atomic mass is 9.68. The molecular formula is C27H24ClN3O3. The van der Waals surface area contributed by atoms with Gasteiger partial charge in [-0.2, -0.15) is 4.98 Å². The van der Waals surface area contributed by atoms with Crippen LogP contribution in [0.15, 0.2) is 89.5 Å². The number of nitrogens with zero attached hydrogens (tertiary/aromatic N) is 3. The number of likely N-dealkylation sites (tertiary alicyclic amines) is 1. The molecule has 3 aromatic carbocycles. The molecule has 1 saturated heterocycles. The molecule has 1 fully saturated rings. The number of rotatable bonds is 7. The zero-order valence-electron chi connectivity index (χ0n) is 18.6. The van der Waals surface area contributed by atoms with E-state index < -0.39 is 5.41 Å². The molecule has 0 unspecified atom stereocenters. The van der Waals surface area contributed by atoms with E-state index in [2.05, 4.69) is 10.1 Å². The van der Waals surface area contributed by atoms with Crippen LogP contribution in [0.5, 0.6) is 5.75 Å². The van der Waals surface area contributed by atoms with Gasteiger partial charge in [0, 0.05) is 11.6 Å². The van der Waals surface area contributed by atoms with Gasteiger partial charge in [-0.3, -0.25) is 4.79 Å². The molecule has 4 aromatic rings. The standard InChI is InChI=1S/C27H24ClN3O3/c28-22-12-14-23(15-13-22)33-19-24-29-25(34-30-24)18-31-17-7-16-27(26(31)32,20-8-3-1-4-9-20)21-10-5-2-6-11-21/h1-6,8-15H,7,16-19H2. The molecule has 0 radical (unpaired) electrons. The maximum atomic E-state index is 14.0. The zero-order valence-corrected chi connectivity index (χ0v) is 19.3. The van der Waals surface area contributed by atoms with Gasteiger partial charge in [0.15, 0.2) is 6.61 Å². The second-order valence-corrected chi connectivity index (χ2v) is 8.75. The van der Waals surface area contributed by atoms with Crippen molar-refractivity contribution in [2.45, 2.75) is 31.4 Å². The Balaban J connectivity index is 1.35. The minimum atomic E-state index is -0.735. The Morgan fingerprint density at radius 3 is 2.24 bits per heavy atom. The smallest absolute Gasteiger partial charge is 0.246 e. The Labute approximate surface area is 203 Å². The number of carbonyl (C=O) groups is 1. The van der Waals surface area contributed by atoms with Crippen molar-refractivity contribution in [2.24, 2.45) is 0 Å². The monoisotopic (exact) mass is 473 g/mol. The predicted molar refractivity (Wildman–Crippen MR) is 128 cm³/mol. The molecule has 0 aliphatic carbocycles. The van der Waals surface area contributed by atoms with Gasteiger partial charge < -0.3 is 14.2 Å². The van der Waals surface area contributed by atoms with Crippen LogP contribution in [0.3, 0.4) is 0 Å². The lowest BCUT2D eigenvalue weighted by Gasteiger charge is -2.42. The summed E-state index contributed by atoms with van der Waals surface area (Å²) in [6.07, 6.45) is 1.62. The molecule has 1 aliphatic rings. The van der Waals surface area contributed by atoms with E-state index in [1.165, 1.54) is 0 Å². The number of benzene rings is 3. The highest BCUT2D eigenvalue weighted by molar-refractivity contribution is 6.30. The summed E-state index contributed by atoms with van der Waals surface area (Å²) in [7, 11) is 0. The highest BCUT2D eigenvalue weighted by atomic mass is 35.5. The van der Waals surface area contributed by atoms with Crippen molar-refractivity contribution < 1.29 is 14.1 Å². The topological polar surface area (TPSA) is 68.5 Å². The third-order valence-corrected chi connectivity index (χ3v) is 6.44. The fraction of sp³-hybridized carbons (Fsp3) is 0.222. The van der Waals surface area contributed by atoms with Crippen molar-refractivity contribution in [3.63, 3.8) is 0 Å². The highest BCUT2D eigenvalue weighted by Crippen LogP contribution is 2.41. The number of halogens is 1. The van der Waals surface area contributed by atoms with Gasteiger partial charge in [0.25, 0.3) is 0 Å². The molecule has 5 rings (SSSR count). The highest BCUT2D eigenvalue weighted by Gasteiger charge is 2.46. The minimum absolute atomic E-state index is 0.0494. The Bertz CT molecular complexity index is 1200. The fourth-order valence-electron chi connectivity index (χ4n) is 4.57. The first kappa shape index (κ1) is 22.2. The molecule has 0 saturated carbocycles. The van der Waals surface area contributed by atoms with E-state index in [1.807, 2.05) is 65.6 Å². The first-order valence-corrected chi connectivity index (χ1v) is 11.6. The van der Waals surface area contributed by atoms with Crippen LogP contribution >= 0.6 is 11.6 Å². The van der Waals surface area contributed by atoms with Crippen LogP contribution in [-0.4, -0.2) is 27.5 Å². The van der Waals surface area contributed by atoms with Gasteiger partial charge in [0.2, 0.25) is 17.6 Å². The van der Waals surface area contributed by atoms with Crippen LogP contribution < -0.4 is 4.74 Å². The van der Waals surface area contributed by atoms with Crippen molar-refractivity contribution >= 4 is 17.5 Å². The first-order valence-electron chi connectivity index (χ1n) is 11.3. The molecule has 0 atom stereocenters. The fourth-order valence-corrected chi connectivity index (χ4v) is 4.69. The summed E-state index contributed by atoms with van der Waals surface area (Å²) in [5.41, 5.74) is 1.26. The molecule has 6 nitrogen and oxygen atoms in total. The Kier molecular flexibility index (Phi) is 6.32. The van der Waals surface area contributed by atoms with E-state index in [0.29, 0.717) is 29.0 Å². The third-order valence-electron chi connectivity index (χ3n) is 6.18. The minimum Gasteiger partial charge on any atom is -0.485 e. The molecule has 7 heteroatoms. The Morgan fingerprint density at radius 2 is 1.59 bits per heavy atom. The Morgan fingerprint density at radius 1 is 0.941 bits per heavy atom. The summed E-state index contributed by atoms with van der Waals surface area (Å²) in [5.74, 6) is 1.53. The summed E-state index contributed by atoms with van der Waals surface area (Å²) in [4.78, 5) is 20.3. The quantitative estimate of drug-likeness (QED) is 0.359. The van der Waals surface area contributed by atoms with Crippen molar-refractivity contribution in [1.82, 2.24) is 15.0 Å². The maximum Gasteiger partial charge on any atom is 0.246 e. The van der Waals surface area contributed by atoms with Gasteiger partial charge in [-0.05, 0) is 48.2 Å². The SMILES string of the molecule is O=C1N(Cc2nc(COc3ccc(Cl)cc3)no2)CCCC1(c1ccccc1)c1ccccc1. The second-order valence-electron chi connectivity index (χ2n) is 8.31. The summed E-state index contributed by atoms with van der Waals surface area (Å²) >= 11 is 5.91. The van der Waals surface area contributed by atoms with Crippen molar-refractivity contribution in [1.29, 1.82) is 0 Å².